The fraction of sp³-hybridized carbons (Fsp3) is 0.222. The highest BCUT2D eigenvalue weighted by Crippen LogP contribution is 2.28. The molecule has 0 fully saturated rings. The lowest BCUT2D eigenvalue weighted by Crippen LogP contribution is -2.28. The van der Waals surface area contributed by atoms with Gasteiger partial charge in [0.1, 0.15) is 5.82 Å². The van der Waals surface area contributed by atoms with Gasteiger partial charge in [0, 0.05) is 10.8 Å². The number of nitrogens with zero attached hydrogens (tertiary/aromatic N) is 1. The minimum atomic E-state index is -0.572. The first-order valence-electron chi connectivity index (χ1n) is 7.41. The first kappa shape index (κ1) is 19.6. The van der Waals surface area contributed by atoms with E-state index in [1.165, 1.54) is 23.9 Å². The molecule has 25 heavy (non-hydrogen) atoms. The molecule has 0 saturated heterocycles. The van der Waals surface area contributed by atoms with Crippen LogP contribution < -0.4 is 5.32 Å². The van der Waals surface area contributed by atoms with E-state index in [1.54, 1.807) is 19.1 Å². The number of halogens is 3. The molecule has 0 heterocycles. The Hall–Kier alpha value is -1.74. The fourth-order valence-corrected chi connectivity index (χ4v) is 3.51. The Morgan fingerprint density at radius 1 is 1.28 bits per heavy atom. The molecule has 0 saturated carbocycles. The van der Waals surface area contributed by atoms with E-state index in [0.717, 1.165) is 5.56 Å². The molecule has 0 bridgehead atoms. The topological polar surface area (TPSA) is 52.9 Å². The molecule has 1 N–H and O–H groups in total. The Labute approximate surface area is 160 Å². The summed E-state index contributed by atoms with van der Waals surface area (Å²) in [7, 11) is 0. The summed E-state index contributed by atoms with van der Waals surface area (Å²) in [5.74, 6) is 0.178. The Balaban J connectivity index is 1.85. The van der Waals surface area contributed by atoms with Gasteiger partial charge in [-0.2, -0.15) is 5.26 Å². The number of carbonyl (C=O) groups excluding carboxylic acids is 1. The van der Waals surface area contributed by atoms with Crippen LogP contribution in [0.25, 0.3) is 0 Å². The zero-order valence-corrected chi connectivity index (χ0v) is 15.7. The molecular formula is C18H15Cl2FN2OS. The van der Waals surface area contributed by atoms with Crippen molar-refractivity contribution in [3.05, 3.63) is 69.0 Å². The molecule has 2 aromatic rings. The van der Waals surface area contributed by atoms with Gasteiger partial charge in [-0.05, 0) is 42.3 Å². The molecule has 0 aliphatic carbocycles. The van der Waals surface area contributed by atoms with Gasteiger partial charge in [0.15, 0.2) is 0 Å². The van der Waals surface area contributed by atoms with Crippen molar-refractivity contribution in [3.8, 4) is 6.07 Å². The number of hydrogen-bond acceptors (Lipinski definition) is 3. The van der Waals surface area contributed by atoms with Gasteiger partial charge < -0.3 is 5.32 Å². The van der Waals surface area contributed by atoms with Gasteiger partial charge in [0.25, 0.3) is 0 Å². The van der Waals surface area contributed by atoms with Crippen LogP contribution in [0.4, 0.5) is 4.39 Å². The minimum absolute atomic E-state index is 0.0507. The second kappa shape index (κ2) is 9.10. The van der Waals surface area contributed by atoms with Crippen LogP contribution in [-0.4, -0.2) is 11.7 Å². The SMILES string of the molecule is CC(NC(=O)CSCc1ccc(C#N)cc1)c1cc(F)c(Cl)cc1Cl. The molecule has 2 rings (SSSR count). The van der Waals surface area contributed by atoms with Gasteiger partial charge in [0.2, 0.25) is 5.91 Å². The van der Waals surface area contributed by atoms with Crippen molar-refractivity contribution in [1.29, 1.82) is 5.26 Å². The lowest BCUT2D eigenvalue weighted by Gasteiger charge is -2.16. The Kier molecular flexibility index (Phi) is 7.12. The number of amides is 1. The summed E-state index contributed by atoms with van der Waals surface area (Å²) in [4.78, 5) is 12.0. The summed E-state index contributed by atoms with van der Waals surface area (Å²) in [6.45, 7) is 1.73. The lowest BCUT2D eigenvalue weighted by atomic mass is 10.1. The van der Waals surface area contributed by atoms with E-state index < -0.39 is 11.9 Å². The third kappa shape index (κ3) is 5.64. The summed E-state index contributed by atoms with van der Waals surface area (Å²) in [6.07, 6.45) is 0. The summed E-state index contributed by atoms with van der Waals surface area (Å²) in [6, 6.07) is 11.4. The van der Waals surface area contributed by atoms with Crippen molar-refractivity contribution in [2.75, 3.05) is 5.75 Å². The van der Waals surface area contributed by atoms with Crippen molar-refractivity contribution in [2.24, 2.45) is 0 Å². The zero-order valence-electron chi connectivity index (χ0n) is 13.4. The normalized spacial score (nSPS) is 11.6. The number of nitriles is 1. The standard InChI is InChI=1S/C18H15Cl2FN2OS/c1-11(14-6-17(21)16(20)7-15(14)19)23-18(24)10-25-9-13-4-2-12(8-22)3-5-13/h2-7,11H,9-10H2,1H3,(H,23,24). The Morgan fingerprint density at radius 2 is 1.96 bits per heavy atom. The third-order valence-electron chi connectivity index (χ3n) is 3.47. The third-order valence-corrected chi connectivity index (χ3v) is 5.09. The largest absolute Gasteiger partial charge is 0.349 e. The smallest absolute Gasteiger partial charge is 0.230 e. The van der Waals surface area contributed by atoms with Crippen LogP contribution in [0.1, 0.15) is 29.7 Å². The summed E-state index contributed by atoms with van der Waals surface area (Å²) < 4.78 is 13.6. The van der Waals surface area contributed by atoms with E-state index in [-0.39, 0.29) is 16.7 Å². The maximum atomic E-state index is 13.6. The van der Waals surface area contributed by atoms with E-state index in [9.17, 15) is 9.18 Å². The van der Waals surface area contributed by atoms with Crippen molar-refractivity contribution in [3.63, 3.8) is 0 Å². The van der Waals surface area contributed by atoms with Gasteiger partial charge in [-0.3, -0.25) is 4.79 Å². The second-order valence-electron chi connectivity index (χ2n) is 5.38. The number of hydrogen-bond donors (Lipinski definition) is 1. The van der Waals surface area contributed by atoms with Gasteiger partial charge >= 0.3 is 0 Å². The fourth-order valence-electron chi connectivity index (χ4n) is 2.17. The Morgan fingerprint density at radius 3 is 2.60 bits per heavy atom. The average Bonchev–Trinajstić information content (AvgIpc) is 2.58. The van der Waals surface area contributed by atoms with E-state index >= 15 is 0 Å². The second-order valence-corrected chi connectivity index (χ2v) is 7.18. The summed E-state index contributed by atoms with van der Waals surface area (Å²) in [5, 5.41) is 11.8. The molecule has 0 aliphatic heterocycles. The van der Waals surface area contributed by atoms with E-state index in [0.29, 0.717) is 21.9 Å². The van der Waals surface area contributed by atoms with E-state index in [4.69, 9.17) is 28.5 Å². The summed E-state index contributed by atoms with van der Waals surface area (Å²) in [5.41, 5.74) is 2.12. The van der Waals surface area contributed by atoms with Crippen molar-refractivity contribution < 1.29 is 9.18 Å². The predicted molar refractivity (Wildman–Crippen MR) is 100 cm³/mol. The molecule has 0 aliphatic rings. The van der Waals surface area contributed by atoms with Crippen molar-refractivity contribution >= 4 is 40.9 Å². The number of carbonyl (C=O) groups is 1. The van der Waals surface area contributed by atoms with Crippen molar-refractivity contribution in [1.82, 2.24) is 5.32 Å². The molecule has 1 atom stereocenters. The molecule has 3 nitrogen and oxygen atoms in total. The van der Waals surface area contributed by atoms with Gasteiger partial charge in [-0.15, -0.1) is 11.8 Å². The van der Waals surface area contributed by atoms with Crippen LogP contribution in [0.5, 0.6) is 0 Å². The average molecular weight is 397 g/mol. The predicted octanol–water partition coefficient (Wildman–Crippen LogP) is 5.11. The van der Waals surface area contributed by atoms with Gasteiger partial charge in [-0.1, -0.05) is 35.3 Å². The quantitative estimate of drug-likeness (QED) is 0.689. The van der Waals surface area contributed by atoms with Crippen LogP contribution in [0.3, 0.4) is 0 Å². The monoisotopic (exact) mass is 396 g/mol. The molecule has 2 aromatic carbocycles. The lowest BCUT2D eigenvalue weighted by molar-refractivity contribution is -0.119. The molecular weight excluding hydrogens is 382 g/mol. The summed E-state index contributed by atoms with van der Waals surface area (Å²) >= 11 is 13.2. The number of benzene rings is 2. The highest BCUT2D eigenvalue weighted by Gasteiger charge is 2.15. The first-order chi connectivity index (χ1) is 11.9. The number of nitrogens with one attached hydrogen (secondary N) is 1. The van der Waals surface area contributed by atoms with Crippen LogP contribution in [0.15, 0.2) is 36.4 Å². The maximum Gasteiger partial charge on any atom is 0.230 e. The van der Waals surface area contributed by atoms with E-state index in [1.807, 2.05) is 12.1 Å². The molecule has 1 amide bonds. The zero-order chi connectivity index (χ0) is 18.4. The van der Waals surface area contributed by atoms with Gasteiger partial charge in [-0.25, -0.2) is 4.39 Å². The molecule has 1 unspecified atom stereocenters. The van der Waals surface area contributed by atoms with Crippen LogP contribution in [-0.2, 0) is 10.5 Å². The molecule has 7 heteroatoms. The minimum Gasteiger partial charge on any atom is -0.349 e. The number of rotatable bonds is 6. The molecule has 130 valence electrons. The van der Waals surface area contributed by atoms with Crippen LogP contribution >= 0.6 is 35.0 Å². The Bertz CT molecular complexity index is 806. The van der Waals surface area contributed by atoms with Gasteiger partial charge in [0.05, 0.1) is 28.5 Å². The van der Waals surface area contributed by atoms with E-state index in [2.05, 4.69) is 11.4 Å². The number of thioether (sulfide) groups is 1. The highest BCUT2D eigenvalue weighted by atomic mass is 35.5. The molecule has 0 aromatic heterocycles. The van der Waals surface area contributed by atoms with Crippen LogP contribution in [0.2, 0.25) is 10.0 Å². The van der Waals surface area contributed by atoms with Crippen LogP contribution in [0, 0.1) is 17.1 Å². The molecule has 0 spiro atoms. The highest BCUT2D eigenvalue weighted by molar-refractivity contribution is 7.99. The first-order valence-corrected chi connectivity index (χ1v) is 9.32. The van der Waals surface area contributed by atoms with Crippen molar-refractivity contribution in [2.45, 2.75) is 18.7 Å². The maximum absolute atomic E-state index is 13.6. The molecule has 0 radical (unpaired) electrons.